The number of anilines is 1. The van der Waals surface area contributed by atoms with Gasteiger partial charge in [-0.15, -0.1) is 0 Å². The van der Waals surface area contributed by atoms with E-state index in [9.17, 15) is 4.79 Å². The van der Waals surface area contributed by atoms with Crippen molar-refractivity contribution in [3.8, 4) is 11.3 Å². The summed E-state index contributed by atoms with van der Waals surface area (Å²) in [6.45, 7) is 4.91. The van der Waals surface area contributed by atoms with Gasteiger partial charge in [0, 0.05) is 40.2 Å². The van der Waals surface area contributed by atoms with Gasteiger partial charge in [-0.25, -0.2) is 4.79 Å². The van der Waals surface area contributed by atoms with E-state index in [1.807, 2.05) is 43.3 Å². The maximum atomic E-state index is 12.1. The first-order valence-electron chi connectivity index (χ1n) is 13.2. The number of hydrogen-bond donors (Lipinski definition) is 2. The number of fused-ring (bicyclic) bond motifs is 1. The molecule has 2 aliphatic heterocycles. The molecule has 1 atom stereocenters. The van der Waals surface area contributed by atoms with Crippen molar-refractivity contribution in [2.75, 3.05) is 25.0 Å². The van der Waals surface area contributed by atoms with Crippen molar-refractivity contribution in [2.24, 2.45) is 0 Å². The zero-order valence-electron chi connectivity index (χ0n) is 21.1. The standard InChI is InChI=1S/C28H30Cl2N4O3S/c1-2-36-27(35)17-8-9-22-23(14-17)38-28(32-22)31-18-10-12-34(13-11-18)15-19-25(33-37-26(19)16-6-7-16)24-20(29)4-3-5-21(24)30/h3-5,8-9,14,16,18,28,31-32H,2,6-7,10-13,15H2,1H3. The Balaban J connectivity index is 1.08. The molecule has 3 heterocycles. The van der Waals surface area contributed by atoms with E-state index in [1.165, 1.54) is 0 Å². The molecule has 2 aromatic carbocycles. The minimum Gasteiger partial charge on any atom is -0.462 e. The summed E-state index contributed by atoms with van der Waals surface area (Å²) >= 11 is 14.8. The number of esters is 1. The van der Waals surface area contributed by atoms with E-state index in [1.54, 1.807) is 11.8 Å². The van der Waals surface area contributed by atoms with Crippen molar-refractivity contribution < 1.29 is 14.1 Å². The quantitative estimate of drug-likeness (QED) is 0.286. The molecule has 3 aromatic rings. The van der Waals surface area contributed by atoms with Gasteiger partial charge in [-0.2, -0.15) is 0 Å². The summed E-state index contributed by atoms with van der Waals surface area (Å²) in [5.41, 5.74) is 4.36. The van der Waals surface area contributed by atoms with Gasteiger partial charge in [0.05, 0.1) is 22.2 Å². The molecule has 1 unspecified atom stereocenters. The Bertz CT molecular complexity index is 1320. The van der Waals surface area contributed by atoms with E-state index >= 15 is 0 Å². The van der Waals surface area contributed by atoms with Crippen LogP contribution in [0, 0.1) is 0 Å². The lowest BCUT2D eigenvalue weighted by Gasteiger charge is -2.33. The molecule has 1 aromatic heterocycles. The van der Waals surface area contributed by atoms with E-state index in [0.29, 0.717) is 34.2 Å². The Morgan fingerprint density at radius 1 is 1.18 bits per heavy atom. The highest BCUT2D eigenvalue weighted by Crippen LogP contribution is 2.46. The van der Waals surface area contributed by atoms with Gasteiger partial charge in [-0.3, -0.25) is 10.2 Å². The maximum absolute atomic E-state index is 12.1. The Morgan fingerprint density at radius 3 is 2.66 bits per heavy atom. The highest BCUT2D eigenvalue weighted by molar-refractivity contribution is 8.00. The lowest BCUT2D eigenvalue weighted by atomic mass is 10.0. The van der Waals surface area contributed by atoms with Crippen molar-refractivity contribution in [3.63, 3.8) is 0 Å². The third-order valence-electron chi connectivity index (χ3n) is 7.35. The summed E-state index contributed by atoms with van der Waals surface area (Å²) in [7, 11) is 0. The van der Waals surface area contributed by atoms with Crippen molar-refractivity contribution in [2.45, 2.75) is 61.5 Å². The van der Waals surface area contributed by atoms with Crippen molar-refractivity contribution >= 4 is 46.6 Å². The molecule has 10 heteroatoms. The molecule has 3 aliphatic rings. The van der Waals surface area contributed by atoms with Crippen LogP contribution in [0.15, 0.2) is 45.8 Å². The number of nitrogens with zero attached hydrogens (tertiary/aromatic N) is 2. The monoisotopic (exact) mass is 572 g/mol. The van der Waals surface area contributed by atoms with Crippen LogP contribution in [-0.4, -0.2) is 47.3 Å². The van der Waals surface area contributed by atoms with Crippen molar-refractivity contribution in [1.82, 2.24) is 15.4 Å². The molecule has 200 valence electrons. The van der Waals surface area contributed by atoms with Gasteiger partial charge in [0.2, 0.25) is 0 Å². The Labute approximate surface area is 236 Å². The first-order chi connectivity index (χ1) is 18.5. The average Bonchev–Trinajstić information content (AvgIpc) is 3.55. The van der Waals surface area contributed by atoms with Crippen LogP contribution in [0.1, 0.15) is 60.2 Å². The zero-order chi connectivity index (χ0) is 26.2. The summed E-state index contributed by atoms with van der Waals surface area (Å²) in [6.07, 6.45) is 4.35. The van der Waals surface area contributed by atoms with Gasteiger partial charge in [0.15, 0.2) is 0 Å². The number of piperidine rings is 1. The summed E-state index contributed by atoms with van der Waals surface area (Å²) in [5, 5.41) is 12.9. The number of aromatic nitrogens is 1. The molecule has 1 saturated heterocycles. The number of likely N-dealkylation sites (tertiary alicyclic amines) is 1. The highest BCUT2D eigenvalue weighted by atomic mass is 35.5. The number of carbonyl (C=O) groups excluding carboxylic acids is 1. The summed E-state index contributed by atoms with van der Waals surface area (Å²) in [4.78, 5) is 15.6. The number of hydrogen-bond acceptors (Lipinski definition) is 8. The van der Waals surface area contributed by atoms with Crippen molar-refractivity contribution in [3.05, 3.63) is 63.3 Å². The molecule has 2 fully saturated rings. The predicted octanol–water partition coefficient (Wildman–Crippen LogP) is 6.76. The van der Waals surface area contributed by atoms with Crippen LogP contribution >= 0.6 is 35.0 Å². The third kappa shape index (κ3) is 5.42. The molecule has 2 N–H and O–H groups in total. The molecule has 0 amide bonds. The fraction of sp³-hybridized carbons (Fsp3) is 0.429. The van der Waals surface area contributed by atoms with Crippen LogP contribution in [0.4, 0.5) is 5.69 Å². The van der Waals surface area contributed by atoms with Crippen LogP contribution in [0.5, 0.6) is 0 Å². The molecule has 0 radical (unpaired) electrons. The van der Waals surface area contributed by atoms with E-state index < -0.39 is 0 Å². The largest absolute Gasteiger partial charge is 0.462 e. The summed E-state index contributed by atoms with van der Waals surface area (Å²) in [5.74, 6) is 1.16. The van der Waals surface area contributed by atoms with Crippen molar-refractivity contribution in [1.29, 1.82) is 0 Å². The molecule has 0 bridgehead atoms. The topological polar surface area (TPSA) is 79.6 Å². The van der Waals surface area contributed by atoms with Crippen LogP contribution in [0.3, 0.4) is 0 Å². The van der Waals surface area contributed by atoms with Crippen LogP contribution in [0.2, 0.25) is 10.0 Å². The van der Waals surface area contributed by atoms with E-state index in [4.69, 9.17) is 32.5 Å². The number of ether oxygens (including phenoxy) is 1. The fourth-order valence-electron chi connectivity index (χ4n) is 5.21. The molecule has 38 heavy (non-hydrogen) atoms. The molecular formula is C28H30Cl2N4O3S. The molecule has 1 saturated carbocycles. The van der Waals surface area contributed by atoms with E-state index in [-0.39, 0.29) is 11.5 Å². The minimum atomic E-state index is -0.280. The number of halogens is 2. The predicted molar refractivity (Wildman–Crippen MR) is 151 cm³/mol. The number of benzene rings is 2. The zero-order valence-corrected chi connectivity index (χ0v) is 23.5. The fourth-order valence-corrected chi connectivity index (χ4v) is 6.94. The first-order valence-corrected chi connectivity index (χ1v) is 14.8. The van der Waals surface area contributed by atoms with Gasteiger partial charge in [-0.1, -0.05) is 46.2 Å². The van der Waals surface area contributed by atoms with Crippen LogP contribution < -0.4 is 10.6 Å². The van der Waals surface area contributed by atoms with Gasteiger partial charge >= 0.3 is 5.97 Å². The van der Waals surface area contributed by atoms with E-state index in [2.05, 4.69) is 20.7 Å². The summed E-state index contributed by atoms with van der Waals surface area (Å²) < 4.78 is 11.0. The lowest BCUT2D eigenvalue weighted by molar-refractivity contribution is 0.0526. The number of rotatable bonds is 8. The second-order valence-corrected chi connectivity index (χ2v) is 12.0. The van der Waals surface area contributed by atoms with Gasteiger partial charge < -0.3 is 14.6 Å². The van der Waals surface area contributed by atoms with Gasteiger partial charge in [-0.05, 0) is 76.0 Å². The highest BCUT2D eigenvalue weighted by Gasteiger charge is 2.35. The van der Waals surface area contributed by atoms with Crippen LogP contribution in [0.25, 0.3) is 11.3 Å². The van der Waals surface area contributed by atoms with E-state index in [0.717, 1.165) is 78.5 Å². The molecule has 0 spiro atoms. The first kappa shape index (κ1) is 26.0. The second kappa shape index (κ2) is 11.1. The second-order valence-electron chi connectivity index (χ2n) is 10.0. The molecular weight excluding hydrogens is 543 g/mol. The lowest BCUT2D eigenvalue weighted by Crippen LogP contribution is -2.46. The smallest absolute Gasteiger partial charge is 0.338 e. The SMILES string of the molecule is CCOC(=O)c1ccc2c(c1)SC(NC1CCN(Cc3c(-c4c(Cl)cccc4Cl)noc3C3CC3)CC1)N2. The maximum Gasteiger partial charge on any atom is 0.338 e. The number of nitrogens with one attached hydrogen (secondary N) is 2. The number of carbonyl (C=O) groups is 1. The molecule has 7 nitrogen and oxygen atoms in total. The normalized spacial score (nSPS) is 19.8. The Hall–Kier alpha value is -2.23. The van der Waals surface area contributed by atoms with Crippen LogP contribution in [-0.2, 0) is 11.3 Å². The Kier molecular flexibility index (Phi) is 7.60. The molecule has 6 rings (SSSR count). The Morgan fingerprint density at radius 2 is 1.95 bits per heavy atom. The average molecular weight is 574 g/mol. The summed E-state index contributed by atoms with van der Waals surface area (Å²) in [6, 6.07) is 11.6. The minimum absolute atomic E-state index is 0.0764. The van der Waals surface area contributed by atoms with Gasteiger partial charge in [0.1, 0.15) is 17.0 Å². The third-order valence-corrected chi connectivity index (χ3v) is 9.06. The van der Waals surface area contributed by atoms with Gasteiger partial charge in [0.25, 0.3) is 0 Å². The number of thioether (sulfide) groups is 1. The molecule has 1 aliphatic carbocycles.